The Bertz CT molecular complexity index is 717. The largest absolute Gasteiger partial charge is 0.428 e. The Kier molecular flexibility index (Phi) is 3.38. The van der Waals surface area contributed by atoms with Crippen LogP contribution in [0.3, 0.4) is 0 Å². The van der Waals surface area contributed by atoms with Gasteiger partial charge in [-0.25, -0.2) is 4.79 Å². The van der Waals surface area contributed by atoms with Crippen molar-refractivity contribution in [2.24, 2.45) is 0 Å². The van der Waals surface area contributed by atoms with Gasteiger partial charge in [-0.1, -0.05) is 60.7 Å². The van der Waals surface area contributed by atoms with E-state index in [9.17, 15) is 14.7 Å². The second-order valence-electron chi connectivity index (χ2n) is 4.61. The fraction of sp³-hybridized carbons (Fsp3) is 0.0588. The Morgan fingerprint density at radius 1 is 0.952 bits per heavy atom. The van der Waals surface area contributed by atoms with E-state index in [0.29, 0.717) is 11.1 Å². The number of ketones is 1. The molecule has 0 amide bonds. The van der Waals surface area contributed by atoms with Crippen LogP contribution in [0.1, 0.15) is 15.9 Å². The molecule has 0 fully saturated rings. The average molecular weight is 280 g/mol. The molecule has 0 spiro atoms. The number of ether oxygens (including phenoxy) is 1. The van der Waals surface area contributed by atoms with Gasteiger partial charge in [-0.05, 0) is 5.56 Å². The lowest BCUT2D eigenvalue weighted by Gasteiger charge is -2.07. The Labute approximate surface area is 121 Å². The molecule has 4 heteroatoms. The molecule has 0 radical (unpaired) electrons. The van der Waals surface area contributed by atoms with E-state index in [0.717, 1.165) is 0 Å². The van der Waals surface area contributed by atoms with Crippen molar-refractivity contribution in [1.29, 1.82) is 0 Å². The first kappa shape index (κ1) is 13.3. The van der Waals surface area contributed by atoms with Crippen molar-refractivity contribution in [1.82, 2.24) is 0 Å². The number of hydrogen-bond donors (Lipinski definition) is 1. The molecule has 0 bridgehead atoms. The summed E-state index contributed by atoms with van der Waals surface area (Å²) in [5.41, 5.74) is 1.08. The van der Waals surface area contributed by atoms with Gasteiger partial charge in [0.15, 0.2) is 0 Å². The van der Waals surface area contributed by atoms with Gasteiger partial charge in [0.1, 0.15) is 5.57 Å². The first-order valence-electron chi connectivity index (χ1n) is 6.47. The summed E-state index contributed by atoms with van der Waals surface area (Å²) in [6.07, 6.45) is -1.41. The molecule has 1 aliphatic heterocycles. The highest BCUT2D eigenvalue weighted by atomic mass is 16.6. The zero-order chi connectivity index (χ0) is 14.8. The number of hydrogen-bond acceptors (Lipinski definition) is 4. The number of aliphatic hydroxyl groups is 1. The minimum absolute atomic E-state index is 0.111. The fourth-order valence-corrected chi connectivity index (χ4v) is 2.31. The standard InChI is InChI=1S/C17H12O4/c18-15(12-9-5-2-6-10-12)14-13(16(19)21-17(14)20)11-7-3-1-4-8-11/h1-10,16,19H. The third kappa shape index (κ3) is 2.37. The lowest BCUT2D eigenvalue weighted by atomic mass is 9.95. The van der Waals surface area contributed by atoms with E-state index in [4.69, 9.17) is 4.74 Å². The topological polar surface area (TPSA) is 63.6 Å². The highest BCUT2D eigenvalue weighted by molar-refractivity contribution is 6.30. The zero-order valence-corrected chi connectivity index (χ0v) is 11.0. The SMILES string of the molecule is O=C1OC(O)C(c2ccccc2)=C1C(=O)c1ccccc1. The third-order valence-corrected chi connectivity index (χ3v) is 3.29. The molecule has 4 nitrogen and oxygen atoms in total. The lowest BCUT2D eigenvalue weighted by molar-refractivity contribution is -0.150. The maximum atomic E-state index is 12.5. The van der Waals surface area contributed by atoms with Crippen LogP contribution in [-0.4, -0.2) is 23.1 Å². The number of rotatable bonds is 3. The zero-order valence-electron chi connectivity index (χ0n) is 11.0. The fourth-order valence-electron chi connectivity index (χ4n) is 2.31. The van der Waals surface area contributed by atoms with Crippen LogP contribution in [-0.2, 0) is 9.53 Å². The summed E-state index contributed by atoms with van der Waals surface area (Å²) in [5, 5.41) is 9.93. The molecular formula is C17H12O4. The number of Topliss-reactive ketones (excluding diaryl/α,β-unsaturated/α-hetero) is 1. The van der Waals surface area contributed by atoms with Crippen LogP contribution >= 0.6 is 0 Å². The minimum atomic E-state index is -1.41. The van der Waals surface area contributed by atoms with Crippen molar-refractivity contribution in [3.05, 3.63) is 77.4 Å². The first-order valence-corrected chi connectivity index (χ1v) is 6.47. The van der Waals surface area contributed by atoms with E-state index in [-0.39, 0.29) is 11.1 Å². The van der Waals surface area contributed by atoms with Crippen molar-refractivity contribution in [3.63, 3.8) is 0 Å². The van der Waals surface area contributed by atoms with Crippen LogP contribution < -0.4 is 0 Å². The summed E-state index contributed by atoms with van der Waals surface area (Å²) < 4.78 is 4.81. The van der Waals surface area contributed by atoms with Crippen LogP contribution in [0.5, 0.6) is 0 Å². The highest BCUT2D eigenvalue weighted by Crippen LogP contribution is 2.32. The van der Waals surface area contributed by atoms with Crippen LogP contribution in [0.15, 0.2) is 66.2 Å². The number of cyclic esters (lactones) is 1. The Morgan fingerprint density at radius 2 is 1.52 bits per heavy atom. The number of carbonyl (C=O) groups is 2. The van der Waals surface area contributed by atoms with Gasteiger partial charge in [0.25, 0.3) is 0 Å². The van der Waals surface area contributed by atoms with Crippen molar-refractivity contribution < 1.29 is 19.4 Å². The van der Waals surface area contributed by atoms with E-state index in [2.05, 4.69) is 0 Å². The number of benzene rings is 2. The molecule has 2 aromatic carbocycles. The molecule has 1 heterocycles. The molecule has 0 saturated heterocycles. The summed E-state index contributed by atoms with van der Waals surface area (Å²) in [6.45, 7) is 0. The van der Waals surface area contributed by atoms with Crippen LogP contribution in [0.2, 0.25) is 0 Å². The summed E-state index contributed by atoms with van der Waals surface area (Å²) in [4.78, 5) is 24.4. The molecule has 3 rings (SSSR count). The van der Waals surface area contributed by atoms with E-state index in [1.165, 1.54) is 0 Å². The molecule has 0 aliphatic carbocycles. The quantitative estimate of drug-likeness (QED) is 0.532. The minimum Gasteiger partial charge on any atom is -0.428 e. The highest BCUT2D eigenvalue weighted by Gasteiger charge is 2.37. The third-order valence-electron chi connectivity index (χ3n) is 3.29. The van der Waals surface area contributed by atoms with Gasteiger partial charge in [-0.2, -0.15) is 0 Å². The molecule has 1 unspecified atom stereocenters. The van der Waals surface area contributed by atoms with Gasteiger partial charge >= 0.3 is 5.97 Å². The van der Waals surface area contributed by atoms with Crippen molar-refractivity contribution >= 4 is 17.3 Å². The van der Waals surface area contributed by atoms with Gasteiger partial charge in [0, 0.05) is 11.1 Å². The summed E-state index contributed by atoms with van der Waals surface area (Å²) in [6, 6.07) is 17.2. The summed E-state index contributed by atoms with van der Waals surface area (Å²) in [5.74, 6) is -1.24. The molecular weight excluding hydrogens is 268 g/mol. The normalized spacial score (nSPS) is 17.8. The molecule has 1 atom stereocenters. The van der Waals surface area contributed by atoms with Gasteiger partial charge in [0.2, 0.25) is 12.1 Å². The summed E-state index contributed by atoms with van der Waals surface area (Å²) in [7, 11) is 0. The maximum Gasteiger partial charge on any atom is 0.345 e. The molecule has 2 aromatic rings. The second kappa shape index (κ2) is 5.34. The van der Waals surface area contributed by atoms with Crippen LogP contribution in [0, 0.1) is 0 Å². The van der Waals surface area contributed by atoms with E-state index < -0.39 is 18.0 Å². The number of esters is 1. The molecule has 0 aromatic heterocycles. The molecule has 104 valence electrons. The molecule has 21 heavy (non-hydrogen) atoms. The van der Waals surface area contributed by atoms with E-state index in [1.807, 2.05) is 6.07 Å². The van der Waals surface area contributed by atoms with E-state index >= 15 is 0 Å². The molecule has 0 saturated carbocycles. The Balaban J connectivity index is 2.14. The summed E-state index contributed by atoms with van der Waals surface area (Å²) >= 11 is 0. The van der Waals surface area contributed by atoms with Gasteiger partial charge in [-0.15, -0.1) is 0 Å². The van der Waals surface area contributed by atoms with Gasteiger partial charge < -0.3 is 9.84 Å². The monoisotopic (exact) mass is 280 g/mol. The second-order valence-corrected chi connectivity index (χ2v) is 4.61. The first-order chi connectivity index (χ1) is 10.2. The maximum absolute atomic E-state index is 12.5. The van der Waals surface area contributed by atoms with Gasteiger partial charge in [-0.3, -0.25) is 4.79 Å². The van der Waals surface area contributed by atoms with Crippen LogP contribution in [0.25, 0.3) is 5.57 Å². The van der Waals surface area contributed by atoms with Crippen molar-refractivity contribution in [2.75, 3.05) is 0 Å². The van der Waals surface area contributed by atoms with Crippen molar-refractivity contribution in [3.8, 4) is 0 Å². The average Bonchev–Trinajstić information content (AvgIpc) is 2.82. The molecule has 1 aliphatic rings. The lowest BCUT2D eigenvalue weighted by Crippen LogP contribution is -2.11. The van der Waals surface area contributed by atoms with Gasteiger partial charge in [0.05, 0.1) is 0 Å². The number of carbonyl (C=O) groups excluding carboxylic acids is 2. The Morgan fingerprint density at radius 3 is 2.14 bits per heavy atom. The smallest absolute Gasteiger partial charge is 0.345 e. The predicted octanol–water partition coefficient (Wildman–Crippen LogP) is 2.20. The number of aliphatic hydroxyl groups excluding tert-OH is 1. The van der Waals surface area contributed by atoms with E-state index in [1.54, 1.807) is 54.6 Å². The van der Waals surface area contributed by atoms with Crippen molar-refractivity contribution in [2.45, 2.75) is 6.29 Å². The molecule has 1 N–H and O–H groups in total. The Hall–Kier alpha value is -2.72. The predicted molar refractivity (Wildman–Crippen MR) is 76.2 cm³/mol. The van der Waals surface area contributed by atoms with Crippen LogP contribution in [0.4, 0.5) is 0 Å².